The van der Waals surface area contributed by atoms with Crippen LogP contribution in [0.25, 0.3) is 0 Å². The van der Waals surface area contributed by atoms with Crippen molar-refractivity contribution in [3.8, 4) is 0 Å². The second-order valence-electron chi connectivity index (χ2n) is 13.7. The molecule has 0 aliphatic rings. The van der Waals surface area contributed by atoms with Crippen LogP contribution in [0, 0.1) is 0 Å². The Bertz CT molecular complexity index is 1140. The Balaban J connectivity index is 4.45. The molecule has 3 unspecified atom stereocenters. The number of aliphatic hydroxyl groups is 2. The van der Waals surface area contributed by atoms with Gasteiger partial charge in [0.1, 0.15) is 12.7 Å². The SMILES string of the molecule is CCCCCC=CCC=CCC=CCCCCCCC(=O)OC(COC(=O)CCCCC=CCC=CCC=CCCCCC)COP(=O)(O)OCC(O)CO. The lowest BCUT2D eigenvalue weighted by molar-refractivity contribution is -0.161. The minimum atomic E-state index is -4.63. The van der Waals surface area contributed by atoms with Gasteiger partial charge in [-0.25, -0.2) is 4.57 Å². The molecular formula is C44H75O10P. The summed E-state index contributed by atoms with van der Waals surface area (Å²) in [6.07, 6.45) is 44.4. The monoisotopic (exact) mass is 795 g/mol. The molecule has 0 rings (SSSR count). The Kier molecular flexibility index (Phi) is 37.8. The minimum absolute atomic E-state index is 0.146. The molecule has 316 valence electrons. The Hall–Kier alpha value is -2.59. The van der Waals surface area contributed by atoms with E-state index in [1.165, 1.54) is 38.5 Å². The molecule has 55 heavy (non-hydrogen) atoms. The van der Waals surface area contributed by atoms with Crippen LogP contribution >= 0.6 is 7.82 Å². The number of carbonyl (C=O) groups excluding carboxylic acids is 2. The summed E-state index contributed by atoms with van der Waals surface area (Å²) in [6, 6.07) is 0. The first kappa shape index (κ1) is 52.4. The van der Waals surface area contributed by atoms with Gasteiger partial charge in [0.05, 0.1) is 19.8 Å². The van der Waals surface area contributed by atoms with Gasteiger partial charge >= 0.3 is 19.8 Å². The molecule has 0 aromatic heterocycles. The number of ether oxygens (including phenoxy) is 2. The fourth-order valence-corrected chi connectivity index (χ4v) is 5.85. The van der Waals surface area contributed by atoms with Crippen LogP contribution in [-0.2, 0) is 32.7 Å². The van der Waals surface area contributed by atoms with E-state index in [1.54, 1.807) is 0 Å². The zero-order valence-electron chi connectivity index (χ0n) is 34.1. The highest BCUT2D eigenvalue weighted by Gasteiger charge is 2.27. The first-order valence-electron chi connectivity index (χ1n) is 20.9. The van der Waals surface area contributed by atoms with E-state index in [-0.39, 0.29) is 19.4 Å². The highest BCUT2D eigenvalue weighted by atomic mass is 31.2. The second kappa shape index (κ2) is 39.6. The maximum absolute atomic E-state index is 12.6. The third-order valence-corrected chi connectivity index (χ3v) is 9.28. The lowest BCUT2D eigenvalue weighted by atomic mass is 10.1. The summed E-state index contributed by atoms with van der Waals surface area (Å²) in [5.41, 5.74) is 0. The molecule has 0 aromatic rings. The molecule has 0 spiro atoms. The van der Waals surface area contributed by atoms with Crippen molar-refractivity contribution in [1.29, 1.82) is 0 Å². The van der Waals surface area contributed by atoms with Crippen LogP contribution in [0.15, 0.2) is 72.9 Å². The summed E-state index contributed by atoms with van der Waals surface area (Å²) in [7, 11) is -4.63. The predicted molar refractivity (Wildman–Crippen MR) is 223 cm³/mol. The van der Waals surface area contributed by atoms with Gasteiger partial charge in [-0.2, -0.15) is 0 Å². The lowest BCUT2D eigenvalue weighted by Crippen LogP contribution is -2.29. The van der Waals surface area contributed by atoms with Gasteiger partial charge < -0.3 is 24.6 Å². The first-order chi connectivity index (χ1) is 26.7. The molecule has 3 N–H and O–H groups in total. The van der Waals surface area contributed by atoms with Crippen molar-refractivity contribution >= 4 is 19.8 Å². The zero-order chi connectivity index (χ0) is 40.5. The van der Waals surface area contributed by atoms with Crippen molar-refractivity contribution < 1.29 is 47.8 Å². The van der Waals surface area contributed by atoms with Crippen LogP contribution in [-0.4, -0.2) is 65.7 Å². The van der Waals surface area contributed by atoms with Crippen LogP contribution in [0.2, 0.25) is 0 Å². The smallest absolute Gasteiger partial charge is 0.462 e. The van der Waals surface area contributed by atoms with E-state index in [4.69, 9.17) is 19.1 Å². The molecule has 0 aliphatic carbocycles. The summed E-state index contributed by atoms with van der Waals surface area (Å²) in [5.74, 6) is -1.00. The van der Waals surface area contributed by atoms with Gasteiger partial charge in [-0.3, -0.25) is 18.6 Å². The number of phosphoric ester groups is 1. The Morgan fingerprint density at radius 1 is 0.545 bits per heavy atom. The average Bonchev–Trinajstić information content (AvgIpc) is 3.17. The molecule has 3 atom stereocenters. The third kappa shape index (κ3) is 39.4. The van der Waals surface area contributed by atoms with Crippen molar-refractivity contribution in [2.45, 2.75) is 167 Å². The number of rotatable bonds is 38. The van der Waals surface area contributed by atoms with E-state index in [1.807, 2.05) is 0 Å². The molecule has 11 heteroatoms. The van der Waals surface area contributed by atoms with Crippen LogP contribution in [0.5, 0.6) is 0 Å². The minimum Gasteiger partial charge on any atom is -0.462 e. The number of carbonyl (C=O) groups is 2. The zero-order valence-corrected chi connectivity index (χ0v) is 35.0. The van der Waals surface area contributed by atoms with Gasteiger partial charge in [0, 0.05) is 12.8 Å². The molecular weight excluding hydrogens is 719 g/mol. The lowest BCUT2D eigenvalue weighted by Gasteiger charge is -2.20. The van der Waals surface area contributed by atoms with Gasteiger partial charge in [-0.1, -0.05) is 125 Å². The molecule has 0 bridgehead atoms. The molecule has 0 heterocycles. The molecule has 0 radical (unpaired) electrons. The number of esters is 2. The predicted octanol–water partition coefficient (Wildman–Crippen LogP) is 10.9. The second-order valence-corrected chi connectivity index (χ2v) is 15.1. The maximum atomic E-state index is 12.6. The van der Waals surface area contributed by atoms with Crippen molar-refractivity contribution in [1.82, 2.24) is 0 Å². The number of hydrogen-bond donors (Lipinski definition) is 3. The molecule has 0 aromatic carbocycles. The Labute approximate surface area is 333 Å². The van der Waals surface area contributed by atoms with E-state index in [2.05, 4.69) is 91.3 Å². The van der Waals surface area contributed by atoms with Crippen LogP contribution < -0.4 is 0 Å². The fraction of sp³-hybridized carbons (Fsp3) is 0.682. The summed E-state index contributed by atoms with van der Waals surface area (Å²) < 4.78 is 32.6. The van der Waals surface area contributed by atoms with E-state index in [0.29, 0.717) is 12.8 Å². The topological polar surface area (TPSA) is 149 Å². The highest BCUT2D eigenvalue weighted by molar-refractivity contribution is 7.47. The quantitative estimate of drug-likeness (QED) is 0.0239. The number of phosphoric acid groups is 1. The summed E-state index contributed by atoms with van der Waals surface area (Å²) in [6.45, 7) is 2.23. The van der Waals surface area contributed by atoms with E-state index in [0.717, 1.165) is 77.0 Å². The van der Waals surface area contributed by atoms with Gasteiger partial charge in [0.15, 0.2) is 6.10 Å². The van der Waals surface area contributed by atoms with Gasteiger partial charge in [-0.15, -0.1) is 0 Å². The van der Waals surface area contributed by atoms with Crippen LogP contribution in [0.3, 0.4) is 0 Å². The van der Waals surface area contributed by atoms with Gasteiger partial charge in [0.2, 0.25) is 0 Å². The highest BCUT2D eigenvalue weighted by Crippen LogP contribution is 2.43. The van der Waals surface area contributed by atoms with Gasteiger partial charge in [0.25, 0.3) is 0 Å². The number of aliphatic hydroxyl groups excluding tert-OH is 2. The molecule has 0 saturated carbocycles. The standard InChI is InChI=1S/C44H75O10P/c1-3-5-7-9-11-13-15-17-19-20-22-24-26-28-30-32-34-36-44(48)54-42(40-53-55(49,50)52-38-41(46)37-45)39-51-43(47)35-33-31-29-27-25-23-21-18-16-14-12-10-8-6-4-2/h11-14,17-19,21-22,24-25,27,41-42,45-46H,3-10,15-16,20,23,26,28-40H2,1-2H3,(H,49,50). The normalized spacial score (nSPS) is 14.6. The van der Waals surface area contributed by atoms with E-state index in [9.17, 15) is 24.2 Å². The van der Waals surface area contributed by atoms with Crippen molar-refractivity contribution in [3.63, 3.8) is 0 Å². The maximum Gasteiger partial charge on any atom is 0.472 e. The van der Waals surface area contributed by atoms with Crippen molar-refractivity contribution in [3.05, 3.63) is 72.9 Å². The summed E-state index contributed by atoms with van der Waals surface area (Å²) in [4.78, 5) is 34.9. The van der Waals surface area contributed by atoms with E-state index >= 15 is 0 Å². The fourth-order valence-electron chi connectivity index (χ4n) is 5.06. The average molecular weight is 795 g/mol. The number of hydrogen-bond acceptors (Lipinski definition) is 9. The molecule has 0 fully saturated rings. The van der Waals surface area contributed by atoms with Crippen molar-refractivity contribution in [2.24, 2.45) is 0 Å². The largest absolute Gasteiger partial charge is 0.472 e. The van der Waals surface area contributed by atoms with Crippen molar-refractivity contribution in [2.75, 3.05) is 26.4 Å². The molecule has 0 amide bonds. The van der Waals surface area contributed by atoms with E-state index < -0.39 is 51.8 Å². The number of unbranched alkanes of at least 4 members (excludes halogenated alkanes) is 12. The Morgan fingerprint density at radius 2 is 0.945 bits per heavy atom. The number of allylic oxidation sites excluding steroid dienone is 12. The summed E-state index contributed by atoms with van der Waals surface area (Å²) in [5, 5.41) is 18.3. The van der Waals surface area contributed by atoms with Gasteiger partial charge in [-0.05, 0) is 89.9 Å². The molecule has 10 nitrogen and oxygen atoms in total. The van der Waals surface area contributed by atoms with Crippen LogP contribution in [0.4, 0.5) is 0 Å². The first-order valence-corrected chi connectivity index (χ1v) is 22.4. The van der Waals surface area contributed by atoms with Crippen LogP contribution in [0.1, 0.15) is 155 Å². The summed E-state index contributed by atoms with van der Waals surface area (Å²) >= 11 is 0. The molecule has 0 aliphatic heterocycles. The third-order valence-electron chi connectivity index (χ3n) is 8.33. The molecule has 0 saturated heterocycles. The Morgan fingerprint density at radius 3 is 1.44 bits per heavy atom.